The molecule has 87 valence electrons. The summed E-state index contributed by atoms with van der Waals surface area (Å²) in [6, 6.07) is 7.98. The summed E-state index contributed by atoms with van der Waals surface area (Å²) < 4.78 is 5.76. The van der Waals surface area contributed by atoms with Gasteiger partial charge in [-0.2, -0.15) is 0 Å². The Bertz CT molecular complexity index is 338. The molecule has 1 atom stereocenters. The predicted octanol–water partition coefficient (Wildman–Crippen LogP) is 3.25. The molecular formula is C13H19O2Si. The summed E-state index contributed by atoms with van der Waals surface area (Å²) >= 11 is 0. The largest absolute Gasteiger partial charge is 0.403 e. The summed E-state index contributed by atoms with van der Waals surface area (Å²) in [5.74, 6) is 0. The van der Waals surface area contributed by atoms with Gasteiger partial charge in [0.15, 0.2) is 8.32 Å². The molecule has 0 heterocycles. The average Bonchev–Trinajstić information content (AvgIpc) is 2.25. The van der Waals surface area contributed by atoms with Gasteiger partial charge < -0.3 is 4.43 Å². The van der Waals surface area contributed by atoms with E-state index < -0.39 is 14.4 Å². The molecule has 1 aromatic rings. The van der Waals surface area contributed by atoms with Crippen LogP contribution in [0, 0.1) is 0 Å². The van der Waals surface area contributed by atoms with Gasteiger partial charge >= 0.3 is 0 Å². The molecule has 0 aromatic heterocycles. The second kappa shape index (κ2) is 5.41. The Balaban J connectivity index is 2.83. The van der Waals surface area contributed by atoms with Crippen LogP contribution in [0.3, 0.4) is 0 Å². The minimum atomic E-state index is -1.71. The molecule has 0 aliphatic carbocycles. The standard InChI is InChI=1S/C13H19O2Si/c1-5-11-6-8-12(9-7-11)13(10-14)15-16(2,3)4/h6-9,13H,5H2,1-4H3. The number of rotatable bonds is 5. The zero-order valence-corrected chi connectivity index (χ0v) is 11.4. The Labute approximate surface area is 98.8 Å². The van der Waals surface area contributed by atoms with Gasteiger partial charge in [0, 0.05) is 0 Å². The van der Waals surface area contributed by atoms with Crippen molar-refractivity contribution >= 4 is 14.6 Å². The maximum atomic E-state index is 10.9. The third-order valence-corrected chi connectivity index (χ3v) is 3.21. The van der Waals surface area contributed by atoms with Crippen molar-refractivity contribution < 1.29 is 9.22 Å². The minimum absolute atomic E-state index is 0.530. The summed E-state index contributed by atoms with van der Waals surface area (Å²) in [7, 11) is -1.71. The van der Waals surface area contributed by atoms with Crippen molar-refractivity contribution in [3.63, 3.8) is 0 Å². The van der Waals surface area contributed by atoms with Crippen LogP contribution in [0.1, 0.15) is 24.2 Å². The summed E-state index contributed by atoms with van der Waals surface area (Å²) in [6.07, 6.45) is 2.45. The number of hydrogen-bond donors (Lipinski definition) is 0. The lowest BCUT2D eigenvalue weighted by molar-refractivity contribution is 0.258. The molecule has 1 rings (SSSR count). The van der Waals surface area contributed by atoms with E-state index in [2.05, 4.69) is 26.6 Å². The quantitative estimate of drug-likeness (QED) is 0.732. The third kappa shape index (κ3) is 3.91. The Hall–Kier alpha value is -0.933. The number of aryl methyl sites for hydroxylation is 1. The maximum Gasteiger partial charge on any atom is 0.233 e. The molecule has 0 bridgehead atoms. The van der Waals surface area contributed by atoms with E-state index in [1.165, 1.54) is 5.56 Å². The Morgan fingerprint density at radius 3 is 2.19 bits per heavy atom. The first kappa shape index (κ1) is 13.1. The van der Waals surface area contributed by atoms with Crippen molar-refractivity contribution in [2.45, 2.75) is 39.1 Å². The van der Waals surface area contributed by atoms with Gasteiger partial charge in [-0.15, -0.1) is 0 Å². The van der Waals surface area contributed by atoms with Crippen LogP contribution in [0.15, 0.2) is 24.3 Å². The molecule has 3 heteroatoms. The first-order valence-electron chi connectivity index (χ1n) is 5.60. The van der Waals surface area contributed by atoms with E-state index in [0.29, 0.717) is 0 Å². The molecule has 1 aromatic carbocycles. The fraction of sp³-hybridized carbons (Fsp3) is 0.462. The smallest absolute Gasteiger partial charge is 0.233 e. The monoisotopic (exact) mass is 235 g/mol. The zero-order valence-electron chi connectivity index (χ0n) is 10.4. The van der Waals surface area contributed by atoms with Gasteiger partial charge in [0.2, 0.25) is 6.29 Å². The summed E-state index contributed by atoms with van der Waals surface area (Å²) in [4.78, 5) is 10.9. The van der Waals surface area contributed by atoms with Crippen LogP contribution in [0.4, 0.5) is 0 Å². The van der Waals surface area contributed by atoms with Gasteiger partial charge in [-0.1, -0.05) is 31.2 Å². The number of benzene rings is 1. The van der Waals surface area contributed by atoms with Crippen LogP contribution in [0.5, 0.6) is 0 Å². The highest BCUT2D eigenvalue weighted by atomic mass is 28.4. The number of hydrogen-bond acceptors (Lipinski definition) is 2. The molecule has 16 heavy (non-hydrogen) atoms. The van der Waals surface area contributed by atoms with Crippen LogP contribution in [-0.2, 0) is 15.6 Å². The second-order valence-corrected chi connectivity index (χ2v) is 9.28. The van der Waals surface area contributed by atoms with Crippen LogP contribution in [-0.4, -0.2) is 14.6 Å². The molecule has 0 amide bonds. The van der Waals surface area contributed by atoms with Gasteiger partial charge in [-0.25, -0.2) is 0 Å². The van der Waals surface area contributed by atoms with Crippen LogP contribution in [0.2, 0.25) is 19.6 Å². The fourth-order valence-electron chi connectivity index (χ4n) is 1.44. The average molecular weight is 235 g/mol. The minimum Gasteiger partial charge on any atom is -0.403 e. The lowest BCUT2D eigenvalue weighted by Crippen LogP contribution is -2.28. The topological polar surface area (TPSA) is 26.3 Å². The van der Waals surface area contributed by atoms with Crippen molar-refractivity contribution in [2.75, 3.05) is 0 Å². The summed E-state index contributed by atoms with van der Waals surface area (Å²) in [6.45, 7) is 8.31. The van der Waals surface area contributed by atoms with Crippen molar-refractivity contribution in [1.29, 1.82) is 0 Å². The summed E-state index contributed by atoms with van der Waals surface area (Å²) in [5.41, 5.74) is 2.16. The molecule has 0 saturated heterocycles. The molecule has 2 nitrogen and oxygen atoms in total. The Morgan fingerprint density at radius 1 is 1.25 bits per heavy atom. The summed E-state index contributed by atoms with van der Waals surface area (Å²) in [5, 5.41) is 0. The first-order chi connectivity index (χ1) is 7.46. The first-order valence-corrected chi connectivity index (χ1v) is 9.01. The van der Waals surface area contributed by atoms with Gasteiger partial charge in [0.05, 0.1) is 0 Å². The highest BCUT2D eigenvalue weighted by Gasteiger charge is 2.22. The SMILES string of the molecule is CCc1ccc(C([C]=O)O[Si](C)(C)C)cc1. The van der Waals surface area contributed by atoms with Crippen molar-refractivity contribution in [3.05, 3.63) is 35.4 Å². The van der Waals surface area contributed by atoms with E-state index in [1.54, 1.807) is 0 Å². The molecule has 0 saturated carbocycles. The van der Waals surface area contributed by atoms with Crippen LogP contribution >= 0.6 is 0 Å². The van der Waals surface area contributed by atoms with Gasteiger partial charge in [-0.3, -0.25) is 4.79 Å². The van der Waals surface area contributed by atoms with Crippen molar-refractivity contribution in [2.24, 2.45) is 0 Å². The lowest BCUT2D eigenvalue weighted by atomic mass is 10.1. The van der Waals surface area contributed by atoms with Crippen LogP contribution in [0.25, 0.3) is 0 Å². The molecule has 1 radical (unpaired) electrons. The predicted molar refractivity (Wildman–Crippen MR) is 68.7 cm³/mol. The Kier molecular flexibility index (Phi) is 4.44. The molecule has 0 fully saturated rings. The molecule has 0 N–H and O–H groups in total. The Morgan fingerprint density at radius 2 is 1.81 bits per heavy atom. The van der Waals surface area contributed by atoms with Crippen LogP contribution < -0.4 is 0 Å². The van der Waals surface area contributed by atoms with E-state index in [0.717, 1.165) is 12.0 Å². The van der Waals surface area contributed by atoms with Gasteiger partial charge in [0.1, 0.15) is 6.10 Å². The molecule has 1 unspecified atom stereocenters. The lowest BCUT2D eigenvalue weighted by Gasteiger charge is -2.22. The van der Waals surface area contributed by atoms with E-state index >= 15 is 0 Å². The second-order valence-electron chi connectivity index (χ2n) is 4.82. The van der Waals surface area contributed by atoms with E-state index in [1.807, 2.05) is 30.6 Å². The molecular weight excluding hydrogens is 216 g/mol. The third-order valence-electron chi connectivity index (χ3n) is 2.27. The highest BCUT2D eigenvalue weighted by molar-refractivity contribution is 6.69. The van der Waals surface area contributed by atoms with Gasteiger partial charge in [-0.05, 0) is 37.2 Å². The van der Waals surface area contributed by atoms with E-state index in [9.17, 15) is 4.79 Å². The molecule has 0 aliphatic rings. The maximum absolute atomic E-state index is 10.9. The zero-order chi connectivity index (χ0) is 12.2. The van der Waals surface area contributed by atoms with Crippen molar-refractivity contribution in [1.82, 2.24) is 0 Å². The molecule has 0 aliphatic heterocycles. The van der Waals surface area contributed by atoms with E-state index in [4.69, 9.17) is 4.43 Å². The normalized spacial score (nSPS) is 13.5. The fourth-order valence-corrected chi connectivity index (χ4v) is 2.33. The highest BCUT2D eigenvalue weighted by Crippen LogP contribution is 2.20. The van der Waals surface area contributed by atoms with E-state index in [-0.39, 0.29) is 0 Å². The van der Waals surface area contributed by atoms with Crippen molar-refractivity contribution in [3.8, 4) is 0 Å². The molecule has 0 spiro atoms. The van der Waals surface area contributed by atoms with Gasteiger partial charge in [0.25, 0.3) is 0 Å². The number of carbonyl (C=O) groups excluding carboxylic acids is 1.